The van der Waals surface area contributed by atoms with Crippen molar-refractivity contribution in [3.63, 3.8) is 0 Å². The molecule has 0 aliphatic carbocycles. The molecule has 1 unspecified atom stereocenters. The zero-order valence-corrected chi connectivity index (χ0v) is 11.2. The SMILES string of the molecule is CC(NCc1cnco1)c1ccc(S(N)(=O)=O)cc1. The van der Waals surface area contributed by atoms with E-state index in [0.717, 1.165) is 11.3 Å². The highest BCUT2D eigenvalue weighted by Gasteiger charge is 2.10. The van der Waals surface area contributed by atoms with Gasteiger partial charge in [-0.2, -0.15) is 0 Å². The number of hydrogen-bond acceptors (Lipinski definition) is 5. The van der Waals surface area contributed by atoms with Gasteiger partial charge in [0.15, 0.2) is 6.39 Å². The van der Waals surface area contributed by atoms with Gasteiger partial charge in [0.2, 0.25) is 10.0 Å². The lowest BCUT2D eigenvalue weighted by Gasteiger charge is -2.13. The smallest absolute Gasteiger partial charge is 0.238 e. The molecule has 0 saturated carbocycles. The molecule has 0 amide bonds. The van der Waals surface area contributed by atoms with E-state index < -0.39 is 10.0 Å². The van der Waals surface area contributed by atoms with Gasteiger partial charge in [-0.3, -0.25) is 0 Å². The molecular weight excluding hydrogens is 266 g/mol. The van der Waals surface area contributed by atoms with Gasteiger partial charge < -0.3 is 9.73 Å². The van der Waals surface area contributed by atoms with Crippen LogP contribution in [-0.2, 0) is 16.6 Å². The lowest BCUT2D eigenvalue weighted by Crippen LogP contribution is -2.18. The van der Waals surface area contributed by atoms with Gasteiger partial charge in [0, 0.05) is 6.04 Å². The van der Waals surface area contributed by atoms with Crippen molar-refractivity contribution in [2.75, 3.05) is 0 Å². The number of aromatic nitrogens is 1. The van der Waals surface area contributed by atoms with E-state index >= 15 is 0 Å². The molecule has 19 heavy (non-hydrogen) atoms. The van der Waals surface area contributed by atoms with E-state index in [4.69, 9.17) is 9.56 Å². The molecule has 6 nitrogen and oxygen atoms in total. The highest BCUT2D eigenvalue weighted by Crippen LogP contribution is 2.16. The Bertz CT molecular complexity index is 621. The Morgan fingerprint density at radius 3 is 2.58 bits per heavy atom. The van der Waals surface area contributed by atoms with E-state index in [9.17, 15) is 8.42 Å². The summed E-state index contributed by atoms with van der Waals surface area (Å²) in [5.41, 5.74) is 0.965. The molecule has 0 spiro atoms. The third-order valence-electron chi connectivity index (χ3n) is 2.77. The van der Waals surface area contributed by atoms with Crippen LogP contribution in [0.15, 0.2) is 46.2 Å². The van der Waals surface area contributed by atoms with Crippen molar-refractivity contribution in [2.45, 2.75) is 24.4 Å². The van der Waals surface area contributed by atoms with Crippen molar-refractivity contribution in [1.82, 2.24) is 10.3 Å². The molecule has 0 fully saturated rings. The van der Waals surface area contributed by atoms with Crippen molar-refractivity contribution < 1.29 is 12.8 Å². The van der Waals surface area contributed by atoms with Crippen molar-refractivity contribution >= 4 is 10.0 Å². The summed E-state index contributed by atoms with van der Waals surface area (Å²) in [7, 11) is -3.64. The van der Waals surface area contributed by atoms with Gasteiger partial charge in [-0.15, -0.1) is 0 Å². The summed E-state index contributed by atoms with van der Waals surface area (Å²) in [5.74, 6) is 0.744. The maximum atomic E-state index is 11.1. The monoisotopic (exact) mass is 281 g/mol. The van der Waals surface area contributed by atoms with E-state index in [2.05, 4.69) is 10.3 Å². The topological polar surface area (TPSA) is 98.2 Å². The van der Waals surface area contributed by atoms with Crippen molar-refractivity contribution in [3.8, 4) is 0 Å². The number of oxazole rings is 1. The summed E-state index contributed by atoms with van der Waals surface area (Å²) < 4.78 is 27.4. The van der Waals surface area contributed by atoms with Gasteiger partial charge in [-0.1, -0.05) is 12.1 Å². The van der Waals surface area contributed by atoms with Crippen molar-refractivity contribution in [1.29, 1.82) is 0 Å². The van der Waals surface area contributed by atoms with E-state index in [1.165, 1.54) is 18.5 Å². The fraction of sp³-hybridized carbons (Fsp3) is 0.250. The Kier molecular flexibility index (Phi) is 3.98. The van der Waals surface area contributed by atoms with Gasteiger partial charge >= 0.3 is 0 Å². The summed E-state index contributed by atoms with van der Waals surface area (Å²) in [6.07, 6.45) is 3.02. The number of benzene rings is 1. The Labute approximate surface area is 111 Å². The normalized spacial score (nSPS) is 13.4. The minimum Gasteiger partial charge on any atom is -0.447 e. The minimum atomic E-state index is -3.64. The zero-order chi connectivity index (χ0) is 13.9. The van der Waals surface area contributed by atoms with Crippen LogP contribution in [-0.4, -0.2) is 13.4 Å². The minimum absolute atomic E-state index is 0.0552. The van der Waals surface area contributed by atoms with Crippen LogP contribution in [0, 0.1) is 0 Å². The van der Waals surface area contributed by atoms with Gasteiger partial charge in [0.05, 0.1) is 17.6 Å². The Balaban J connectivity index is 2.01. The number of primary sulfonamides is 1. The number of sulfonamides is 1. The highest BCUT2D eigenvalue weighted by molar-refractivity contribution is 7.89. The van der Waals surface area contributed by atoms with E-state index in [0.29, 0.717) is 6.54 Å². The molecule has 0 saturated heterocycles. The van der Waals surface area contributed by atoms with Gasteiger partial charge in [0.25, 0.3) is 0 Å². The van der Waals surface area contributed by atoms with E-state index in [1.54, 1.807) is 18.3 Å². The summed E-state index contributed by atoms with van der Waals surface area (Å²) in [6, 6.07) is 6.52. The first-order chi connectivity index (χ1) is 8.97. The molecule has 1 aromatic carbocycles. The Hall–Kier alpha value is -1.70. The first-order valence-electron chi connectivity index (χ1n) is 5.70. The highest BCUT2D eigenvalue weighted by atomic mass is 32.2. The third-order valence-corrected chi connectivity index (χ3v) is 3.70. The summed E-state index contributed by atoms with van der Waals surface area (Å²) in [6.45, 7) is 2.53. The molecule has 0 bridgehead atoms. The second-order valence-electron chi connectivity index (χ2n) is 4.18. The second-order valence-corrected chi connectivity index (χ2v) is 5.75. The summed E-state index contributed by atoms with van der Waals surface area (Å²) in [5, 5.41) is 8.29. The van der Waals surface area contributed by atoms with Crippen LogP contribution >= 0.6 is 0 Å². The van der Waals surface area contributed by atoms with Crippen LogP contribution in [0.4, 0.5) is 0 Å². The molecule has 0 aliphatic rings. The fourth-order valence-electron chi connectivity index (χ4n) is 1.65. The fourth-order valence-corrected chi connectivity index (χ4v) is 2.16. The van der Waals surface area contributed by atoms with Crippen LogP contribution in [0.25, 0.3) is 0 Å². The number of nitrogens with one attached hydrogen (secondary N) is 1. The molecule has 1 aromatic heterocycles. The molecule has 2 rings (SSSR count). The molecule has 7 heteroatoms. The molecule has 0 aliphatic heterocycles. The van der Waals surface area contributed by atoms with Crippen molar-refractivity contribution in [3.05, 3.63) is 48.2 Å². The second kappa shape index (κ2) is 5.52. The van der Waals surface area contributed by atoms with Gasteiger partial charge in [-0.25, -0.2) is 18.5 Å². The quantitative estimate of drug-likeness (QED) is 0.857. The molecule has 1 atom stereocenters. The van der Waals surface area contributed by atoms with Crippen LogP contribution < -0.4 is 10.5 Å². The summed E-state index contributed by atoms with van der Waals surface area (Å²) in [4.78, 5) is 3.93. The lowest BCUT2D eigenvalue weighted by atomic mass is 10.1. The van der Waals surface area contributed by atoms with Gasteiger partial charge in [-0.05, 0) is 24.6 Å². The van der Waals surface area contributed by atoms with Crippen LogP contribution in [0.1, 0.15) is 24.3 Å². The maximum absolute atomic E-state index is 11.1. The number of nitrogens with two attached hydrogens (primary N) is 1. The molecule has 2 aromatic rings. The Morgan fingerprint density at radius 1 is 1.37 bits per heavy atom. The van der Waals surface area contributed by atoms with Crippen LogP contribution in [0.5, 0.6) is 0 Å². The average Bonchev–Trinajstić information content (AvgIpc) is 2.88. The Morgan fingerprint density at radius 2 is 2.05 bits per heavy atom. The number of hydrogen-bond donors (Lipinski definition) is 2. The first kappa shape index (κ1) is 13.7. The summed E-state index contributed by atoms with van der Waals surface area (Å²) >= 11 is 0. The third kappa shape index (κ3) is 3.63. The molecule has 102 valence electrons. The first-order valence-corrected chi connectivity index (χ1v) is 7.25. The predicted molar refractivity (Wildman–Crippen MR) is 69.6 cm³/mol. The van der Waals surface area contributed by atoms with E-state index in [-0.39, 0.29) is 10.9 Å². The van der Waals surface area contributed by atoms with Crippen molar-refractivity contribution in [2.24, 2.45) is 5.14 Å². The average molecular weight is 281 g/mol. The largest absolute Gasteiger partial charge is 0.447 e. The van der Waals surface area contributed by atoms with Crippen LogP contribution in [0.3, 0.4) is 0 Å². The van der Waals surface area contributed by atoms with Gasteiger partial charge in [0.1, 0.15) is 5.76 Å². The molecule has 1 heterocycles. The lowest BCUT2D eigenvalue weighted by molar-refractivity contribution is 0.458. The maximum Gasteiger partial charge on any atom is 0.238 e. The standard InChI is InChI=1S/C12H15N3O3S/c1-9(15-7-11-6-14-8-18-11)10-2-4-12(5-3-10)19(13,16)17/h2-6,8-9,15H,7H2,1H3,(H2,13,16,17). The zero-order valence-electron chi connectivity index (χ0n) is 10.4. The number of rotatable bonds is 5. The van der Waals surface area contributed by atoms with Crippen LogP contribution in [0.2, 0.25) is 0 Å². The molecular formula is C12H15N3O3S. The molecule has 0 radical (unpaired) electrons. The number of nitrogens with zero attached hydrogens (tertiary/aromatic N) is 1. The predicted octanol–water partition coefficient (Wildman–Crippen LogP) is 1.17. The molecule has 3 N–H and O–H groups in total. The van der Waals surface area contributed by atoms with E-state index in [1.807, 2.05) is 6.92 Å².